The van der Waals surface area contributed by atoms with Crippen LogP contribution in [0.5, 0.6) is 5.75 Å². The molecule has 0 aliphatic heterocycles. The van der Waals surface area contributed by atoms with Crippen molar-refractivity contribution in [1.29, 1.82) is 0 Å². The number of nitro groups is 1. The van der Waals surface area contributed by atoms with Gasteiger partial charge in [-0.2, -0.15) is 5.10 Å². The summed E-state index contributed by atoms with van der Waals surface area (Å²) in [5, 5.41) is 15.2. The van der Waals surface area contributed by atoms with E-state index in [1.165, 1.54) is 31.5 Å². The number of hydrogen-bond acceptors (Lipinski definition) is 7. The lowest BCUT2D eigenvalue weighted by Gasteiger charge is -2.05. The number of aromatic nitrogens is 2. The van der Waals surface area contributed by atoms with E-state index in [0.29, 0.717) is 26.9 Å². The van der Waals surface area contributed by atoms with Gasteiger partial charge in [0.05, 0.1) is 40.8 Å². The highest BCUT2D eigenvalue weighted by atomic mass is 16.6. The summed E-state index contributed by atoms with van der Waals surface area (Å²) in [6, 6.07) is 14.0. The maximum atomic E-state index is 12.5. The van der Waals surface area contributed by atoms with Gasteiger partial charge in [0, 0.05) is 6.07 Å². The predicted octanol–water partition coefficient (Wildman–Crippen LogP) is 2.75. The number of hydrogen-bond donors (Lipinski definition) is 1. The number of non-ortho nitro benzene ring substituents is 1. The molecule has 2 aromatic heterocycles. The molecule has 0 amide bonds. The van der Waals surface area contributed by atoms with Crippen molar-refractivity contribution in [2.45, 2.75) is 0 Å². The SMILES string of the molecule is COc1cc([N+](=O)[O-])ccc1-c1ccc(C=Nn2c(=O)[nH]c3ccccc3c2=O)o1. The molecule has 0 aliphatic carbocycles. The first kappa shape index (κ1) is 18.9. The number of rotatable bonds is 5. The Labute approximate surface area is 167 Å². The van der Waals surface area contributed by atoms with E-state index in [2.05, 4.69) is 10.1 Å². The molecule has 30 heavy (non-hydrogen) atoms. The lowest BCUT2D eigenvalue weighted by Crippen LogP contribution is -2.32. The Morgan fingerprint density at radius 2 is 1.97 bits per heavy atom. The van der Waals surface area contributed by atoms with Crippen LogP contribution in [0.25, 0.3) is 22.2 Å². The zero-order chi connectivity index (χ0) is 21.3. The lowest BCUT2D eigenvalue weighted by atomic mass is 10.1. The molecule has 2 aromatic carbocycles. The molecule has 0 aliphatic rings. The molecule has 0 atom stereocenters. The van der Waals surface area contributed by atoms with Crippen molar-refractivity contribution >= 4 is 22.8 Å². The summed E-state index contributed by atoms with van der Waals surface area (Å²) in [6.07, 6.45) is 1.23. The van der Waals surface area contributed by atoms with Crippen molar-refractivity contribution < 1.29 is 14.1 Å². The smallest absolute Gasteiger partial charge is 0.349 e. The van der Waals surface area contributed by atoms with Crippen LogP contribution in [0.3, 0.4) is 0 Å². The third-order valence-corrected chi connectivity index (χ3v) is 4.37. The highest BCUT2D eigenvalue weighted by Gasteiger charge is 2.15. The molecule has 0 saturated carbocycles. The van der Waals surface area contributed by atoms with Crippen molar-refractivity contribution in [2.75, 3.05) is 7.11 Å². The normalized spacial score (nSPS) is 11.2. The predicted molar refractivity (Wildman–Crippen MR) is 109 cm³/mol. The molecule has 2 heterocycles. The van der Waals surface area contributed by atoms with Gasteiger partial charge in [0.25, 0.3) is 11.2 Å². The van der Waals surface area contributed by atoms with Crippen LogP contribution in [0.1, 0.15) is 5.76 Å². The van der Waals surface area contributed by atoms with Crippen LogP contribution in [0, 0.1) is 10.1 Å². The summed E-state index contributed by atoms with van der Waals surface area (Å²) in [6.45, 7) is 0. The van der Waals surface area contributed by atoms with E-state index in [4.69, 9.17) is 9.15 Å². The zero-order valence-electron chi connectivity index (χ0n) is 15.6. The minimum Gasteiger partial charge on any atom is -0.496 e. The summed E-state index contributed by atoms with van der Waals surface area (Å²) in [7, 11) is 1.40. The van der Waals surface area contributed by atoms with Gasteiger partial charge in [0.1, 0.15) is 17.3 Å². The molecule has 0 fully saturated rings. The third kappa shape index (κ3) is 3.37. The average molecular weight is 406 g/mol. The summed E-state index contributed by atoms with van der Waals surface area (Å²) in [5.74, 6) is 0.914. The van der Waals surface area contributed by atoms with E-state index in [9.17, 15) is 19.7 Å². The molecule has 1 N–H and O–H groups in total. The number of furan rings is 1. The van der Waals surface area contributed by atoms with Crippen LogP contribution in [0.4, 0.5) is 5.69 Å². The molecule has 150 valence electrons. The molecule has 0 spiro atoms. The molecule has 0 saturated heterocycles. The van der Waals surface area contributed by atoms with Gasteiger partial charge in [0.15, 0.2) is 0 Å². The Kier molecular flexibility index (Phi) is 4.72. The summed E-state index contributed by atoms with van der Waals surface area (Å²) in [4.78, 5) is 37.7. The minimum atomic E-state index is -0.682. The van der Waals surface area contributed by atoms with E-state index in [-0.39, 0.29) is 17.2 Å². The Bertz CT molecular complexity index is 1410. The van der Waals surface area contributed by atoms with Crippen LogP contribution < -0.4 is 16.0 Å². The van der Waals surface area contributed by atoms with Crippen LogP contribution in [-0.4, -0.2) is 27.9 Å². The van der Waals surface area contributed by atoms with E-state index in [0.717, 1.165) is 0 Å². The Morgan fingerprint density at radius 3 is 2.73 bits per heavy atom. The Morgan fingerprint density at radius 1 is 1.17 bits per heavy atom. The number of methoxy groups -OCH3 is 1. The van der Waals surface area contributed by atoms with E-state index in [1.54, 1.807) is 36.4 Å². The van der Waals surface area contributed by atoms with E-state index >= 15 is 0 Å². The fourth-order valence-corrected chi connectivity index (χ4v) is 2.94. The molecule has 10 heteroatoms. The van der Waals surface area contributed by atoms with Crippen molar-refractivity contribution in [3.8, 4) is 17.1 Å². The fourth-order valence-electron chi connectivity index (χ4n) is 2.94. The van der Waals surface area contributed by atoms with Gasteiger partial charge < -0.3 is 14.1 Å². The number of nitrogens with zero attached hydrogens (tertiary/aromatic N) is 3. The average Bonchev–Trinajstić information content (AvgIpc) is 3.21. The topological polar surface area (TPSA) is 133 Å². The maximum absolute atomic E-state index is 12.5. The number of nitrogens with one attached hydrogen (secondary N) is 1. The number of fused-ring (bicyclic) bond motifs is 1. The molecule has 10 nitrogen and oxygen atoms in total. The van der Waals surface area contributed by atoms with Gasteiger partial charge in [-0.3, -0.25) is 14.9 Å². The van der Waals surface area contributed by atoms with Gasteiger partial charge >= 0.3 is 5.69 Å². The summed E-state index contributed by atoms with van der Waals surface area (Å²) < 4.78 is 11.6. The van der Waals surface area contributed by atoms with Crippen molar-refractivity contribution in [3.63, 3.8) is 0 Å². The molecule has 0 bridgehead atoms. The van der Waals surface area contributed by atoms with Gasteiger partial charge in [-0.25, -0.2) is 4.79 Å². The van der Waals surface area contributed by atoms with E-state index in [1.807, 2.05) is 0 Å². The van der Waals surface area contributed by atoms with Crippen LogP contribution >= 0.6 is 0 Å². The van der Waals surface area contributed by atoms with Gasteiger partial charge in [-0.05, 0) is 30.3 Å². The fraction of sp³-hybridized carbons (Fsp3) is 0.0500. The molecule has 4 aromatic rings. The quantitative estimate of drug-likeness (QED) is 0.308. The highest BCUT2D eigenvalue weighted by molar-refractivity contribution is 5.79. The minimum absolute atomic E-state index is 0.112. The molecule has 4 rings (SSSR count). The second-order valence-corrected chi connectivity index (χ2v) is 6.18. The highest BCUT2D eigenvalue weighted by Crippen LogP contribution is 2.34. The van der Waals surface area contributed by atoms with Crippen LogP contribution in [0.2, 0.25) is 0 Å². The third-order valence-electron chi connectivity index (χ3n) is 4.37. The lowest BCUT2D eigenvalue weighted by molar-refractivity contribution is -0.384. The maximum Gasteiger partial charge on any atom is 0.349 e. The van der Waals surface area contributed by atoms with Crippen molar-refractivity contribution in [2.24, 2.45) is 5.10 Å². The molecular formula is C20H14N4O6. The van der Waals surface area contributed by atoms with E-state index < -0.39 is 16.2 Å². The Balaban J connectivity index is 1.69. The molecule has 0 unspecified atom stereocenters. The van der Waals surface area contributed by atoms with Crippen molar-refractivity contribution in [3.05, 3.63) is 91.3 Å². The number of para-hydroxylation sites is 1. The number of ether oxygens (including phenoxy) is 1. The first-order valence-corrected chi connectivity index (χ1v) is 8.69. The molecule has 0 radical (unpaired) electrons. The standard InChI is InChI=1S/C20H14N4O6/c1-29-18-10-12(24(27)28)6-8-15(18)17-9-7-13(30-17)11-21-23-19(25)14-4-2-3-5-16(14)22-20(23)26/h2-11H,1H3,(H,22,26). The Hall–Kier alpha value is -4.47. The molecular weight excluding hydrogens is 392 g/mol. The largest absolute Gasteiger partial charge is 0.496 e. The second kappa shape index (κ2) is 7.51. The van der Waals surface area contributed by atoms with Gasteiger partial charge in [0.2, 0.25) is 0 Å². The summed E-state index contributed by atoms with van der Waals surface area (Å²) >= 11 is 0. The van der Waals surface area contributed by atoms with Crippen molar-refractivity contribution in [1.82, 2.24) is 9.66 Å². The number of benzene rings is 2. The first-order valence-electron chi connectivity index (χ1n) is 8.69. The van der Waals surface area contributed by atoms with Crippen LogP contribution in [-0.2, 0) is 0 Å². The summed E-state index contributed by atoms with van der Waals surface area (Å²) in [5.41, 5.74) is -0.431. The van der Waals surface area contributed by atoms with Gasteiger partial charge in [-0.15, -0.1) is 4.68 Å². The van der Waals surface area contributed by atoms with Crippen LogP contribution in [0.15, 0.2) is 73.7 Å². The number of H-pyrrole nitrogens is 1. The second-order valence-electron chi connectivity index (χ2n) is 6.18. The number of aromatic amines is 1. The number of nitro benzene ring substituents is 1. The monoisotopic (exact) mass is 406 g/mol. The first-order chi connectivity index (χ1) is 14.5. The van der Waals surface area contributed by atoms with Gasteiger partial charge in [-0.1, -0.05) is 12.1 Å². The zero-order valence-corrected chi connectivity index (χ0v) is 15.6.